The molecule has 0 spiro atoms. The highest BCUT2D eigenvalue weighted by Crippen LogP contribution is 2.26. The molecule has 0 bridgehead atoms. The van der Waals surface area contributed by atoms with E-state index in [9.17, 15) is 10.2 Å². The summed E-state index contributed by atoms with van der Waals surface area (Å²) in [6, 6.07) is 10.0. The predicted octanol–water partition coefficient (Wildman–Crippen LogP) is 0.891. The Bertz CT molecular complexity index is 420. The van der Waals surface area contributed by atoms with Gasteiger partial charge in [-0.2, -0.15) is 0 Å². The number of aliphatic hydroxyl groups excluding tert-OH is 1. The minimum Gasteiger partial charge on any atom is -0.392 e. The fraction of sp³-hybridized carbons (Fsp3) is 0.625. The van der Waals surface area contributed by atoms with Crippen LogP contribution in [0.15, 0.2) is 30.3 Å². The number of benzene rings is 1. The molecule has 0 aliphatic carbocycles. The summed E-state index contributed by atoms with van der Waals surface area (Å²) in [6.07, 6.45) is 0.495. The SMILES string of the molecule is CN(C)CC1CC(O)CN1CC(C)(O)c1ccccc1. The Morgan fingerprint density at radius 1 is 1.30 bits per heavy atom. The van der Waals surface area contributed by atoms with Crippen molar-refractivity contribution in [3.05, 3.63) is 35.9 Å². The van der Waals surface area contributed by atoms with Crippen LogP contribution in [0.2, 0.25) is 0 Å². The van der Waals surface area contributed by atoms with Crippen molar-refractivity contribution >= 4 is 0 Å². The number of likely N-dealkylation sites (tertiary alicyclic amines) is 1. The van der Waals surface area contributed by atoms with E-state index in [1.165, 1.54) is 0 Å². The van der Waals surface area contributed by atoms with E-state index < -0.39 is 5.60 Å². The zero-order chi connectivity index (χ0) is 14.8. The summed E-state index contributed by atoms with van der Waals surface area (Å²) in [5.74, 6) is 0. The Balaban J connectivity index is 2.07. The first-order valence-corrected chi connectivity index (χ1v) is 7.23. The monoisotopic (exact) mass is 278 g/mol. The van der Waals surface area contributed by atoms with Crippen molar-refractivity contribution in [3.8, 4) is 0 Å². The van der Waals surface area contributed by atoms with E-state index in [2.05, 4.69) is 9.80 Å². The van der Waals surface area contributed by atoms with E-state index >= 15 is 0 Å². The molecule has 4 heteroatoms. The van der Waals surface area contributed by atoms with Gasteiger partial charge in [0.2, 0.25) is 0 Å². The van der Waals surface area contributed by atoms with Crippen molar-refractivity contribution in [1.82, 2.24) is 9.80 Å². The molecule has 1 aromatic rings. The molecule has 1 aromatic carbocycles. The van der Waals surface area contributed by atoms with Gasteiger partial charge in [-0.1, -0.05) is 30.3 Å². The quantitative estimate of drug-likeness (QED) is 0.840. The molecule has 0 amide bonds. The van der Waals surface area contributed by atoms with Crippen LogP contribution in [0, 0.1) is 0 Å². The highest BCUT2D eigenvalue weighted by Gasteiger charge is 2.36. The van der Waals surface area contributed by atoms with E-state index in [-0.39, 0.29) is 6.10 Å². The van der Waals surface area contributed by atoms with Gasteiger partial charge in [-0.05, 0) is 33.0 Å². The van der Waals surface area contributed by atoms with E-state index in [1.54, 1.807) is 0 Å². The fourth-order valence-corrected chi connectivity index (χ4v) is 3.05. The molecular weight excluding hydrogens is 252 g/mol. The maximum Gasteiger partial charge on any atom is 0.0994 e. The summed E-state index contributed by atoms with van der Waals surface area (Å²) in [5, 5.41) is 20.7. The third kappa shape index (κ3) is 3.79. The van der Waals surface area contributed by atoms with Crippen molar-refractivity contribution < 1.29 is 10.2 Å². The Morgan fingerprint density at radius 3 is 2.55 bits per heavy atom. The lowest BCUT2D eigenvalue weighted by Crippen LogP contribution is -2.45. The second kappa shape index (κ2) is 6.22. The smallest absolute Gasteiger partial charge is 0.0994 e. The third-order valence-corrected chi connectivity index (χ3v) is 3.99. The first kappa shape index (κ1) is 15.4. The molecule has 20 heavy (non-hydrogen) atoms. The first-order chi connectivity index (χ1) is 9.38. The summed E-state index contributed by atoms with van der Waals surface area (Å²) in [5.41, 5.74) is 0.0283. The van der Waals surface area contributed by atoms with Crippen LogP contribution in [-0.4, -0.2) is 65.9 Å². The molecule has 2 N–H and O–H groups in total. The van der Waals surface area contributed by atoms with Gasteiger partial charge >= 0.3 is 0 Å². The number of hydrogen-bond acceptors (Lipinski definition) is 4. The van der Waals surface area contributed by atoms with E-state index in [0.29, 0.717) is 19.1 Å². The molecule has 112 valence electrons. The molecule has 3 atom stereocenters. The molecular formula is C16H26N2O2. The van der Waals surface area contributed by atoms with Crippen LogP contribution in [0.4, 0.5) is 0 Å². The third-order valence-electron chi connectivity index (χ3n) is 3.99. The maximum absolute atomic E-state index is 10.7. The van der Waals surface area contributed by atoms with Gasteiger partial charge in [0, 0.05) is 25.7 Å². The molecule has 0 saturated carbocycles. The van der Waals surface area contributed by atoms with Crippen molar-refractivity contribution in [3.63, 3.8) is 0 Å². The molecule has 2 rings (SSSR count). The van der Waals surface area contributed by atoms with Gasteiger partial charge in [-0.3, -0.25) is 4.90 Å². The summed E-state index contributed by atoms with van der Waals surface area (Å²) >= 11 is 0. The van der Waals surface area contributed by atoms with Crippen LogP contribution >= 0.6 is 0 Å². The van der Waals surface area contributed by atoms with E-state index in [4.69, 9.17) is 0 Å². The van der Waals surface area contributed by atoms with Crippen molar-refractivity contribution in [2.75, 3.05) is 33.7 Å². The molecule has 1 fully saturated rings. The number of β-amino-alcohol motifs (C(OH)–C–C–N with tert-alkyl or cyclic N) is 2. The second-order valence-electron chi connectivity index (χ2n) is 6.37. The second-order valence-corrected chi connectivity index (χ2v) is 6.37. The average molecular weight is 278 g/mol. The van der Waals surface area contributed by atoms with E-state index in [1.807, 2.05) is 51.4 Å². The summed E-state index contributed by atoms with van der Waals surface area (Å²) in [6.45, 7) is 3.94. The van der Waals surface area contributed by atoms with Gasteiger partial charge < -0.3 is 15.1 Å². The minimum atomic E-state index is -0.893. The number of rotatable bonds is 5. The normalized spacial score (nSPS) is 26.9. The first-order valence-electron chi connectivity index (χ1n) is 7.23. The van der Waals surface area contributed by atoms with Gasteiger partial charge in [0.1, 0.15) is 0 Å². The topological polar surface area (TPSA) is 46.9 Å². The van der Waals surface area contributed by atoms with Crippen LogP contribution < -0.4 is 0 Å². The Labute approximate surface area is 121 Å². The molecule has 3 unspecified atom stereocenters. The largest absolute Gasteiger partial charge is 0.392 e. The van der Waals surface area contributed by atoms with Crippen LogP contribution in [0.25, 0.3) is 0 Å². The van der Waals surface area contributed by atoms with Crippen LogP contribution in [-0.2, 0) is 5.60 Å². The highest BCUT2D eigenvalue weighted by molar-refractivity contribution is 5.22. The van der Waals surface area contributed by atoms with E-state index in [0.717, 1.165) is 18.5 Å². The molecule has 0 radical (unpaired) electrons. The maximum atomic E-state index is 10.7. The Morgan fingerprint density at radius 2 is 1.95 bits per heavy atom. The minimum absolute atomic E-state index is 0.286. The van der Waals surface area contributed by atoms with Gasteiger partial charge in [-0.25, -0.2) is 0 Å². The molecule has 0 aromatic heterocycles. The molecule has 4 nitrogen and oxygen atoms in total. The van der Waals surface area contributed by atoms with Crippen molar-refractivity contribution in [2.45, 2.75) is 31.1 Å². The fourth-order valence-electron chi connectivity index (χ4n) is 3.05. The lowest BCUT2D eigenvalue weighted by atomic mass is 9.95. The van der Waals surface area contributed by atoms with Crippen LogP contribution in [0.1, 0.15) is 18.9 Å². The Kier molecular flexibility index (Phi) is 4.81. The van der Waals surface area contributed by atoms with Crippen LogP contribution in [0.3, 0.4) is 0 Å². The Hall–Kier alpha value is -0.940. The lowest BCUT2D eigenvalue weighted by molar-refractivity contribution is 0.00712. The molecule has 1 heterocycles. The summed E-state index contributed by atoms with van der Waals surface area (Å²) < 4.78 is 0. The molecule has 1 saturated heterocycles. The number of nitrogens with zero attached hydrogens (tertiary/aromatic N) is 2. The van der Waals surface area contributed by atoms with Gasteiger partial charge in [-0.15, -0.1) is 0 Å². The zero-order valence-electron chi connectivity index (χ0n) is 12.7. The van der Waals surface area contributed by atoms with Gasteiger partial charge in [0.15, 0.2) is 0 Å². The number of aliphatic hydroxyl groups is 2. The molecule has 1 aliphatic heterocycles. The highest BCUT2D eigenvalue weighted by atomic mass is 16.3. The van der Waals surface area contributed by atoms with Gasteiger partial charge in [0.25, 0.3) is 0 Å². The number of hydrogen-bond donors (Lipinski definition) is 2. The van der Waals surface area contributed by atoms with Crippen molar-refractivity contribution in [1.29, 1.82) is 0 Å². The van der Waals surface area contributed by atoms with Crippen molar-refractivity contribution in [2.24, 2.45) is 0 Å². The molecule has 1 aliphatic rings. The average Bonchev–Trinajstić information content (AvgIpc) is 2.69. The number of likely N-dealkylation sites (N-methyl/N-ethyl adjacent to an activating group) is 1. The predicted molar refractivity (Wildman–Crippen MR) is 80.6 cm³/mol. The summed E-state index contributed by atoms with van der Waals surface area (Å²) in [7, 11) is 4.08. The standard InChI is InChI=1S/C16H26N2O2/c1-16(20,13-7-5-4-6-8-13)12-18-11-15(19)9-14(18)10-17(2)3/h4-8,14-15,19-20H,9-12H2,1-3H3. The zero-order valence-corrected chi connectivity index (χ0v) is 12.7. The lowest BCUT2D eigenvalue weighted by Gasteiger charge is -2.34. The summed E-state index contributed by atoms with van der Waals surface area (Å²) in [4.78, 5) is 4.34. The van der Waals surface area contributed by atoms with Gasteiger partial charge in [0.05, 0.1) is 11.7 Å². The van der Waals surface area contributed by atoms with Crippen LogP contribution in [0.5, 0.6) is 0 Å².